The van der Waals surface area contributed by atoms with E-state index in [1.54, 1.807) is 0 Å². The van der Waals surface area contributed by atoms with E-state index in [2.05, 4.69) is 85.7 Å². The molecule has 3 heteroatoms. The fourth-order valence-electron chi connectivity index (χ4n) is 8.98. The topological polar surface area (TPSA) is 35.5 Å². The van der Waals surface area contributed by atoms with Gasteiger partial charge in [-0.2, -0.15) is 0 Å². The Balaban J connectivity index is 1.67. The molecular formula is C38H62O3. The van der Waals surface area contributed by atoms with Crippen LogP contribution in [0.5, 0.6) is 5.75 Å². The van der Waals surface area contributed by atoms with E-state index in [-0.39, 0.29) is 28.3 Å². The van der Waals surface area contributed by atoms with Gasteiger partial charge in [0.05, 0.1) is 6.61 Å². The van der Waals surface area contributed by atoms with Crippen LogP contribution < -0.4 is 4.74 Å². The Kier molecular flexibility index (Phi) is 12.2. The molecule has 1 aromatic carbocycles. The monoisotopic (exact) mass is 566 g/mol. The molecule has 232 valence electrons. The van der Waals surface area contributed by atoms with Gasteiger partial charge in [0.1, 0.15) is 5.75 Å². The highest BCUT2D eigenvalue weighted by Crippen LogP contribution is 2.55. The smallest absolute Gasteiger partial charge is 0.196 e. The third kappa shape index (κ3) is 9.97. The van der Waals surface area contributed by atoms with Crippen LogP contribution in [-0.2, 0) is 9.53 Å². The van der Waals surface area contributed by atoms with Gasteiger partial charge in [-0.15, -0.1) is 0 Å². The molecule has 2 aliphatic rings. The summed E-state index contributed by atoms with van der Waals surface area (Å²) < 4.78 is 12.2. The average Bonchev–Trinajstić information content (AvgIpc) is 2.88. The number of carbonyl (C=O) groups excluding carboxylic acids is 1. The van der Waals surface area contributed by atoms with Gasteiger partial charge in [-0.05, 0) is 96.3 Å². The minimum atomic E-state index is -0.230. The maximum absolute atomic E-state index is 12.0. The second-order valence-corrected chi connectivity index (χ2v) is 15.8. The predicted octanol–water partition coefficient (Wildman–Crippen LogP) is 10.9. The normalized spacial score (nSPS) is 21.5. The van der Waals surface area contributed by atoms with E-state index in [0.29, 0.717) is 24.2 Å². The number of benzene rings is 1. The molecule has 0 N–H and O–H groups in total. The van der Waals surface area contributed by atoms with Crippen molar-refractivity contribution >= 4 is 5.78 Å². The highest BCUT2D eigenvalue weighted by molar-refractivity contribution is 5.90. The summed E-state index contributed by atoms with van der Waals surface area (Å²) >= 11 is 0. The van der Waals surface area contributed by atoms with Crippen molar-refractivity contribution in [3.63, 3.8) is 0 Å². The molecule has 2 aliphatic carbocycles. The number of carbonyl (C=O) groups is 1. The molecule has 4 atom stereocenters. The zero-order valence-electron chi connectivity index (χ0n) is 28.1. The molecule has 0 aliphatic heterocycles. The van der Waals surface area contributed by atoms with Gasteiger partial charge in [0, 0.05) is 6.42 Å². The van der Waals surface area contributed by atoms with Gasteiger partial charge < -0.3 is 9.47 Å². The predicted molar refractivity (Wildman–Crippen MR) is 173 cm³/mol. The van der Waals surface area contributed by atoms with Crippen molar-refractivity contribution in [2.24, 2.45) is 34.0 Å². The van der Waals surface area contributed by atoms with E-state index < -0.39 is 0 Å². The first-order valence-corrected chi connectivity index (χ1v) is 16.8. The Morgan fingerprint density at radius 1 is 0.902 bits per heavy atom. The molecule has 0 heterocycles. The molecule has 3 rings (SSSR count). The second kappa shape index (κ2) is 14.7. The lowest BCUT2D eigenvalue weighted by Crippen LogP contribution is -2.43. The summed E-state index contributed by atoms with van der Waals surface area (Å²) in [7, 11) is 0. The lowest BCUT2D eigenvalue weighted by atomic mass is 9.53. The quantitative estimate of drug-likeness (QED) is 0.210. The van der Waals surface area contributed by atoms with Crippen LogP contribution in [0.4, 0.5) is 0 Å². The standard InChI is InChI=1S/C38H62O3/c1-10-14-34(30-19-23-33(24-20-30)41-28(2)40-26-25-29-15-12-11-13-16-29)37(6,7)27-38(8,9)35(36(3,4)5)31-17-21-32(39)22-18-31/h17,19-21,23-24,28-29,31,34-35H,10-16,18,22,25-27H2,1-9H3. The lowest BCUT2D eigenvalue weighted by molar-refractivity contribution is -0.115. The van der Waals surface area contributed by atoms with Crippen molar-refractivity contribution in [2.45, 2.75) is 145 Å². The minimum absolute atomic E-state index is 0.120. The van der Waals surface area contributed by atoms with Crippen LogP contribution in [0, 0.1) is 34.0 Å². The summed E-state index contributed by atoms with van der Waals surface area (Å²) in [4.78, 5) is 12.0. The van der Waals surface area contributed by atoms with Gasteiger partial charge in [0.15, 0.2) is 12.1 Å². The first kappa shape index (κ1) is 33.9. The number of rotatable bonds is 14. The fourth-order valence-corrected chi connectivity index (χ4v) is 8.98. The molecule has 0 amide bonds. The van der Waals surface area contributed by atoms with Gasteiger partial charge in [0.2, 0.25) is 0 Å². The maximum Gasteiger partial charge on any atom is 0.196 e. The van der Waals surface area contributed by atoms with Crippen molar-refractivity contribution in [1.82, 2.24) is 0 Å². The first-order chi connectivity index (χ1) is 19.2. The van der Waals surface area contributed by atoms with Gasteiger partial charge in [-0.1, -0.05) is 112 Å². The molecule has 41 heavy (non-hydrogen) atoms. The Morgan fingerprint density at radius 2 is 1.56 bits per heavy atom. The van der Waals surface area contributed by atoms with Crippen molar-refractivity contribution in [2.75, 3.05) is 6.61 Å². The van der Waals surface area contributed by atoms with Gasteiger partial charge in [-0.3, -0.25) is 4.79 Å². The molecule has 0 aromatic heterocycles. The van der Waals surface area contributed by atoms with Gasteiger partial charge in [-0.25, -0.2) is 0 Å². The summed E-state index contributed by atoms with van der Waals surface area (Å²) in [6, 6.07) is 8.86. The maximum atomic E-state index is 12.0. The largest absolute Gasteiger partial charge is 0.465 e. The summed E-state index contributed by atoms with van der Waals surface area (Å²) in [5.74, 6) is 3.42. The van der Waals surface area contributed by atoms with Crippen LogP contribution >= 0.6 is 0 Å². The summed E-state index contributed by atoms with van der Waals surface area (Å²) in [5.41, 5.74) is 1.80. The van der Waals surface area contributed by atoms with E-state index in [0.717, 1.165) is 44.0 Å². The van der Waals surface area contributed by atoms with E-state index in [4.69, 9.17) is 9.47 Å². The Labute approximate surface area is 253 Å². The Hall–Kier alpha value is -1.61. The van der Waals surface area contributed by atoms with Crippen molar-refractivity contribution in [1.29, 1.82) is 0 Å². The highest BCUT2D eigenvalue weighted by Gasteiger charge is 2.46. The third-order valence-electron chi connectivity index (χ3n) is 10.1. The van der Waals surface area contributed by atoms with Crippen molar-refractivity contribution < 1.29 is 14.3 Å². The molecule has 0 radical (unpaired) electrons. The molecule has 1 saturated carbocycles. The van der Waals surface area contributed by atoms with Gasteiger partial charge >= 0.3 is 0 Å². The number of allylic oxidation sites excluding steroid dienone is 2. The lowest BCUT2D eigenvalue weighted by Gasteiger charge is -2.51. The van der Waals surface area contributed by atoms with E-state index >= 15 is 0 Å². The molecule has 4 unspecified atom stereocenters. The molecule has 0 spiro atoms. The third-order valence-corrected chi connectivity index (χ3v) is 10.1. The number of ketones is 1. The summed E-state index contributed by atoms with van der Waals surface area (Å²) in [6.45, 7) is 22.2. The van der Waals surface area contributed by atoms with Crippen LogP contribution in [0.3, 0.4) is 0 Å². The van der Waals surface area contributed by atoms with E-state index in [1.807, 2.05) is 13.0 Å². The van der Waals surface area contributed by atoms with Crippen LogP contribution in [0.25, 0.3) is 0 Å². The average molecular weight is 567 g/mol. The molecule has 0 saturated heterocycles. The Bertz CT molecular complexity index is 958. The zero-order chi connectivity index (χ0) is 30.3. The van der Waals surface area contributed by atoms with E-state index in [1.165, 1.54) is 44.1 Å². The van der Waals surface area contributed by atoms with Gasteiger partial charge in [0.25, 0.3) is 0 Å². The summed E-state index contributed by atoms with van der Waals surface area (Å²) in [6.07, 6.45) is 17.0. The van der Waals surface area contributed by atoms with Crippen molar-refractivity contribution in [3.05, 3.63) is 42.0 Å². The first-order valence-electron chi connectivity index (χ1n) is 16.8. The summed E-state index contributed by atoms with van der Waals surface area (Å²) in [5, 5.41) is 0. The minimum Gasteiger partial charge on any atom is -0.465 e. The SMILES string of the molecule is CCCC(c1ccc(OC(C)OCCC2CCCCC2)cc1)C(C)(C)CC(C)(C)C(C1C=CC(=O)CC1)C(C)(C)C. The molecule has 3 nitrogen and oxygen atoms in total. The highest BCUT2D eigenvalue weighted by atomic mass is 16.7. The zero-order valence-corrected chi connectivity index (χ0v) is 28.1. The molecular weight excluding hydrogens is 504 g/mol. The number of ether oxygens (including phenoxy) is 2. The van der Waals surface area contributed by atoms with E-state index in [9.17, 15) is 4.79 Å². The molecule has 0 bridgehead atoms. The van der Waals surface area contributed by atoms with Crippen molar-refractivity contribution in [3.8, 4) is 5.75 Å². The Morgan fingerprint density at radius 3 is 2.12 bits per heavy atom. The molecule has 1 aromatic rings. The fraction of sp³-hybridized carbons (Fsp3) is 0.763. The van der Waals surface area contributed by atoms with Crippen LogP contribution in [0.1, 0.15) is 144 Å². The van der Waals surface area contributed by atoms with Crippen LogP contribution in [0.2, 0.25) is 0 Å². The van der Waals surface area contributed by atoms with Crippen LogP contribution in [0.15, 0.2) is 36.4 Å². The molecule has 1 fully saturated rings. The second-order valence-electron chi connectivity index (χ2n) is 15.8. The number of hydrogen-bond acceptors (Lipinski definition) is 3. The number of hydrogen-bond donors (Lipinski definition) is 0. The van der Waals surface area contributed by atoms with Crippen LogP contribution in [-0.4, -0.2) is 18.7 Å².